The third-order valence-electron chi connectivity index (χ3n) is 12.1. The molecular formula is C56H58N8O9S2. The van der Waals surface area contributed by atoms with Crippen molar-refractivity contribution < 1.29 is 31.8 Å². The molecule has 0 radical (unpaired) electrons. The van der Waals surface area contributed by atoms with Crippen LogP contribution >= 0.6 is 0 Å². The van der Waals surface area contributed by atoms with Gasteiger partial charge in [-0.05, 0) is 49.2 Å². The van der Waals surface area contributed by atoms with Gasteiger partial charge in [-0.1, -0.05) is 96.1 Å². The lowest BCUT2D eigenvalue weighted by Crippen LogP contribution is -2.33. The van der Waals surface area contributed by atoms with E-state index >= 15 is 0 Å². The fourth-order valence-electron chi connectivity index (χ4n) is 8.48. The van der Waals surface area contributed by atoms with E-state index in [-0.39, 0.29) is 65.5 Å². The zero-order valence-electron chi connectivity index (χ0n) is 41.5. The standard InChI is InChI=1S/C42H40N4O6S2.C14H16N4O2.H2O/c1-31-13-17-41(18-14-31)53(47,48)45-25-35-21-39(51-29-33-9-5-3-6-10-33)23-37(43-35)27-46(54(49,50)42-19-15-32(2)16-20-42)28-38-24-40(22-36(26-45)44-38)52-30-34-11-7-4-8-12-34;19-13-1-9-5-15-7-11-3-14(20)4-12(18-11)8-16-6-10(2-13)17-9;/h3-24H,25-30H2,1-2H3;1-4,15-16H,5-8H2,(H,17,19)(H,18,20);1H2. The molecule has 6 heterocycles. The summed E-state index contributed by atoms with van der Waals surface area (Å²) in [6.45, 7) is 5.95. The van der Waals surface area contributed by atoms with E-state index in [1.165, 1.54) is 8.61 Å². The van der Waals surface area contributed by atoms with Crippen LogP contribution in [0.3, 0.4) is 0 Å². The number of H-pyrrole nitrogens is 2. The molecule has 2 aliphatic rings. The van der Waals surface area contributed by atoms with Crippen molar-refractivity contribution >= 4 is 20.0 Å². The minimum absolute atomic E-state index is 0. The number of sulfonamides is 2. The molecule has 10 rings (SSSR count). The molecule has 0 saturated carbocycles. The van der Waals surface area contributed by atoms with Crippen LogP contribution in [-0.2, 0) is 85.6 Å². The maximum Gasteiger partial charge on any atom is 0.243 e. The van der Waals surface area contributed by atoms with Gasteiger partial charge >= 0.3 is 0 Å². The van der Waals surface area contributed by atoms with Gasteiger partial charge in [0.2, 0.25) is 20.0 Å². The van der Waals surface area contributed by atoms with E-state index in [4.69, 9.17) is 19.4 Å². The summed E-state index contributed by atoms with van der Waals surface area (Å²) in [6.07, 6.45) is 0. The average Bonchev–Trinajstić information content (AvgIpc) is 3.37. The van der Waals surface area contributed by atoms with Crippen LogP contribution in [0.1, 0.15) is 67.8 Å². The summed E-state index contributed by atoms with van der Waals surface area (Å²) in [5.41, 5.74) is 8.64. The number of nitrogens with zero attached hydrogens (tertiary/aromatic N) is 4. The first-order valence-electron chi connectivity index (χ1n) is 24.0. The first kappa shape index (κ1) is 53.7. The summed E-state index contributed by atoms with van der Waals surface area (Å²) in [5, 5.41) is 6.43. The smallest absolute Gasteiger partial charge is 0.243 e. The Morgan fingerprint density at radius 1 is 0.453 bits per heavy atom. The Bertz CT molecular complexity index is 3250. The van der Waals surface area contributed by atoms with Gasteiger partial charge in [-0.15, -0.1) is 0 Å². The molecule has 4 aromatic heterocycles. The molecule has 8 aromatic rings. The van der Waals surface area contributed by atoms with Crippen LogP contribution in [0.5, 0.6) is 11.5 Å². The highest BCUT2D eigenvalue weighted by molar-refractivity contribution is 7.89. The SMILES string of the molecule is Cc1ccc(S(=O)(=O)N2Cc3cc(OCc4ccccc4)cc(n3)CN(S(=O)(=O)c3ccc(C)cc3)Cc3cc(OCc4ccccc4)cc(n3)C2)cc1.O.O=c1cc2[nH]c(c1)CNCc1cc(=O)cc([nH]1)CNC2. The zero-order chi connectivity index (χ0) is 51.7. The summed E-state index contributed by atoms with van der Waals surface area (Å²) in [6, 6.07) is 45.8. The molecular weight excluding hydrogens is 993 g/mol. The minimum atomic E-state index is -4.07. The summed E-state index contributed by atoms with van der Waals surface area (Å²) < 4.78 is 72.6. The number of pyridine rings is 4. The predicted octanol–water partition coefficient (Wildman–Crippen LogP) is 6.48. The Morgan fingerprint density at radius 2 is 0.760 bits per heavy atom. The topological polar surface area (TPSA) is 240 Å². The number of aromatic amines is 2. The van der Waals surface area contributed by atoms with Crippen LogP contribution < -0.4 is 31.0 Å². The van der Waals surface area contributed by atoms with Gasteiger partial charge in [-0.3, -0.25) is 19.6 Å². The maximum absolute atomic E-state index is 14.4. The van der Waals surface area contributed by atoms with Crippen LogP contribution in [-0.4, -0.2) is 50.9 Å². The van der Waals surface area contributed by atoms with Gasteiger partial charge in [-0.25, -0.2) is 16.8 Å². The van der Waals surface area contributed by atoms with Gasteiger partial charge in [0.1, 0.15) is 24.7 Å². The normalized spacial score (nSPS) is 14.2. The highest BCUT2D eigenvalue weighted by Crippen LogP contribution is 2.29. The predicted molar refractivity (Wildman–Crippen MR) is 284 cm³/mol. The molecule has 0 spiro atoms. The number of hydrogen-bond donors (Lipinski definition) is 4. The molecule has 2 aliphatic heterocycles. The van der Waals surface area contributed by atoms with E-state index in [9.17, 15) is 26.4 Å². The molecule has 0 fully saturated rings. The Labute approximate surface area is 435 Å². The van der Waals surface area contributed by atoms with E-state index in [0.717, 1.165) is 45.0 Å². The molecule has 75 heavy (non-hydrogen) atoms. The van der Waals surface area contributed by atoms with Crippen molar-refractivity contribution in [2.75, 3.05) is 0 Å². The van der Waals surface area contributed by atoms with E-state index in [1.54, 1.807) is 97.1 Å². The maximum atomic E-state index is 14.4. The molecule has 0 aliphatic carbocycles. The third kappa shape index (κ3) is 14.4. The number of rotatable bonds is 10. The quantitative estimate of drug-likeness (QED) is 0.115. The Kier molecular flexibility index (Phi) is 17.3. The van der Waals surface area contributed by atoms with Crippen LogP contribution in [0.25, 0.3) is 0 Å². The molecule has 8 bridgehead atoms. The number of aryl methyl sites for hydroxylation is 2. The zero-order valence-corrected chi connectivity index (χ0v) is 43.1. The van der Waals surface area contributed by atoms with Crippen LogP contribution in [0.15, 0.2) is 177 Å². The largest absolute Gasteiger partial charge is 0.489 e. The number of fused-ring (bicyclic) bond motifs is 8. The van der Waals surface area contributed by atoms with E-state index in [0.29, 0.717) is 60.5 Å². The van der Waals surface area contributed by atoms with Gasteiger partial charge < -0.3 is 35.6 Å². The second kappa shape index (κ2) is 24.2. The van der Waals surface area contributed by atoms with Crippen molar-refractivity contribution in [2.24, 2.45) is 0 Å². The second-order valence-corrected chi connectivity index (χ2v) is 22.1. The van der Waals surface area contributed by atoms with Crippen molar-refractivity contribution in [1.29, 1.82) is 0 Å². The summed E-state index contributed by atoms with van der Waals surface area (Å²) in [4.78, 5) is 39.6. The van der Waals surface area contributed by atoms with Crippen LogP contribution in [0.2, 0.25) is 0 Å². The van der Waals surface area contributed by atoms with Crippen LogP contribution in [0.4, 0.5) is 0 Å². The van der Waals surface area contributed by atoms with Gasteiger partial charge in [0.15, 0.2) is 10.9 Å². The second-order valence-electron chi connectivity index (χ2n) is 18.2. The molecule has 19 heteroatoms. The average molecular weight is 1050 g/mol. The lowest BCUT2D eigenvalue weighted by molar-refractivity contribution is 0.300. The monoisotopic (exact) mass is 1050 g/mol. The van der Waals surface area contributed by atoms with Crippen molar-refractivity contribution in [3.8, 4) is 11.5 Å². The molecule has 17 nitrogen and oxygen atoms in total. The van der Waals surface area contributed by atoms with Gasteiger partial charge in [0.05, 0.1) is 58.7 Å². The van der Waals surface area contributed by atoms with Gasteiger partial charge in [-0.2, -0.15) is 8.61 Å². The van der Waals surface area contributed by atoms with Crippen molar-refractivity contribution in [2.45, 2.75) is 89.2 Å². The molecule has 0 unspecified atom stereocenters. The summed E-state index contributed by atoms with van der Waals surface area (Å²) in [7, 11) is -8.15. The molecule has 4 aromatic carbocycles. The summed E-state index contributed by atoms with van der Waals surface area (Å²) >= 11 is 0. The lowest BCUT2D eigenvalue weighted by atomic mass is 10.2. The number of benzene rings is 4. The minimum Gasteiger partial charge on any atom is -0.489 e. The number of nitrogens with one attached hydrogen (secondary N) is 4. The van der Waals surface area contributed by atoms with E-state index in [2.05, 4.69) is 20.6 Å². The molecule has 0 amide bonds. The highest BCUT2D eigenvalue weighted by Gasteiger charge is 2.30. The number of aromatic nitrogens is 4. The van der Waals surface area contributed by atoms with E-state index in [1.807, 2.05) is 74.5 Å². The third-order valence-corrected chi connectivity index (χ3v) is 15.8. The molecule has 388 valence electrons. The first-order chi connectivity index (χ1) is 35.7. The lowest BCUT2D eigenvalue weighted by Gasteiger charge is -2.26. The van der Waals surface area contributed by atoms with Crippen molar-refractivity contribution in [3.05, 3.63) is 246 Å². The number of ether oxygens (including phenoxy) is 2. The van der Waals surface area contributed by atoms with Gasteiger partial charge in [0, 0.05) is 97.5 Å². The Hall–Kier alpha value is -7.62. The van der Waals surface area contributed by atoms with Gasteiger partial charge in [0.25, 0.3) is 0 Å². The first-order valence-corrected chi connectivity index (χ1v) is 26.9. The fourth-order valence-corrected chi connectivity index (χ4v) is 11.2. The Balaban J connectivity index is 0.000000297. The fraction of sp³-hybridized carbons (Fsp3) is 0.214. The highest BCUT2D eigenvalue weighted by atomic mass is 32.2. The van der Waals surface area contributed by atoms with Crippen molar-refractivity contribution in [1.82, 2.24) is 39.2 Å². The summed E-state index contributed by atoms with van der Waals surface area (Å²) in [5.74, 6) is 0.869. The molecule has 0 atom stereocenters. The van der Waals surface area contributed by atoms with Crippen molar-refractivity contribution in [3.63, 3.8) is 0 Å². The van der Waals surface area contributed by atoms with Crippen LogP contribution in [0, 0.1) is 13.8 Å². The molecule has 6 N–H and O–H groups in total. The Morgan fingerprint density at radius 3 is 1.07 bits per heavy atom. The number of hydrogen-bond acceptors (Lipinski definition) is 12. The van der Waals surface area contributed by atoms with E-state index < -0.39 is 20.0 Å². The molecule has 0 saturated heterocycles.